The van der Waals surface area contributed by atoms with E-state index in [1.54, 1.807) is 18.2 Å². The third-order valence-corrected chi connectivity index (χ3v) is 2.36. The molecule has 1 aromatic rings. The fourth-order valence-electron chi connectivity index (χ4n) is 1.40. The Hall–Kier alpha value is -2.11. The third-order valence-electron chi connectivity index (χ3n) is 2.36. The molecule has 2 rings (SSSR count). The van der Waals surface area contributed by atoms with Crippen LogP contribution < -0.4 is 10.1 Å². The van der Waals surface area contributed by atoms with Crippen LogP contribution in [-0.2, 0) is 4.79 Å². The van der Waals surface area contributed by atoms with Crippen LogP contribution in [0.5, 0.6) is 5.75 Å². The minimum atomic E-state index is -1.10. The average molecular weight is 236 g/mol. The standard InChI is InChI=1S/C11H12N2O4/c14-11(15)6-17-10-4-3-8(5-9(10)13-16)12-7-1-2-7/h3-5,7,12H,1-2,6H2,(H,14,15). The summed E-state index contributed by atoms with van der Waals surface area (Å²) in [6.07, 6.45) is 2.25. The van der Waals surface area contributed by atoms with Crippen LogP contribution in [0, 0.1) is 4.91 Å². The first-order valence-electron chi connectivity index (χ1n) is 5.27. The van der Waals surface area contributed by atoms with Gasteiger partial charge in [-0.1, -0.05) is 0 Å². The van der Waals surface area contributed by atoms with Gasteiger partial charge in [0.15, 0.2) is 12.3 Å². The van der Waals surface area contributed by atoms with Gasteiger partial charge in [-0.3, -0.25) is 0 Å². The number of carbonyl (C=O) groups is 1. The van der Waals surface area contributed by atoms with Crippen molar-refractivity contribution in [3.8, 4) is 5.75 Å². The van der Waals surface area contributed by atoms with Crippen LogP contribution in [0.3, 0.4) is 0 Å². The highest BCUT2D eigenvalue weighted by atomic mass is 16.5. The Balaban J connectivity index is 2.09. The molecule has 90 valence electrons. The topological polar surface area (TPSA) is 88.0 Å². The van der Waals surface area contributed by atoms with Gasteiger partial charge in [0.25, 0.3) is 0 Å². The molecule has 1 aliphatic carbocycles. The second-order valence-electron chi connectivity index (χ2n) is 3.87. The molecule has 0 aliphatic heterocycles. The number of nitrogens with one attached hydrogen (secondary N) is 1. The number of hydrogen-bond acceptors (Lipinski definition) is 5. The Bertz CT molecular complexity index is 443. The molecule has 0 aromatic heterocycles. The van der Waals surface area contributed by atoms with Gasteiger partial charge < -0.3 is 15.2 Å². The first kappa shape index (κ1) is 11.4. The maximum absolute atomic E-state index is 10.6. The van der Waals surface area contributed by atoms with Gasteiger partial charge in [-0.05, 0) is 36.2 Å². The zero-order valence-corrected chi connectivity index (χ0v) is 9.05. The van der Waals surface area contributed by atoms with E-state index in [0.29, 0.717) is 6.04 Å². The summed E-state index contributed by atoms with van der Waals surface area (Å²) in [5.41, 5.74) is 0.904. The van der Waals surface area contributed by atoms with E-state index in [-0.39, 0.29) is 11.4 Å². The molecule has 6 nitrogen and oxygen atoms in total. The van der Waals surface area contributed by atoms with Crippen molar-refractivity contribution in [1.29, 1.82) is 0 Å². The van der Waals surface area contributed by atoms with E-state index in [0.717, 1.165) is 18.5 Å². The van der Waals surface area contributed by atoms with Crippen molar-refractivity contribution in [2.75, 3.05) is 11.9 Å². The molecule has 0 amide bonds. The maximum atomic E-state index is 10.6. The number of hydrogen-bond donors (Lipinski definition) is 2. The highest BCUT2D eigenvalue weighted by Crippen LogP contribution is 2.33. The molecule has 17 heavy (non-hydrogen) atoms. The molecule has 0 radical (unpaired) electrons. The molecule has 1 aliphatic rings. The molecular formula is C11H12N2O4. The van der Waals surface area contributed by atoms with E-state index >= 15 is 0 Å². The van der Waals surface area contributed by atoms with Crippen molar-refractivity contribution < 1.29 is 14.6 Å². The van der Waals surface area contributed by atoms with Gasteiger partial charge in [0.2, 0.25) is 0 Å². The predicted molar refractivity (Wildman–Crippen MR) is 61.7 cm³/mol. The molecule has 1 saturated carbocycles. The van der Waals surface area contributed by atoms with E-state index < -0.39 is 12.6 Å². The average Bonchev–Trinajstić information content (AvgIpc) is 3.11. The Kier molecular flexibility index (Phi) is 3.22. The van der Waals surface area contributed by atoms with Crippen molar-refractivity contribution in [3.05, 3.63) is 23.1 Å². The summed E-state index contributed by atoms with van der Waals surface area (Å²) in [7, 11) is 0. The quantitative estimate of drug-likeness (QED) is 0.738. The van der Waals surface area contributed by atoms with Crippen molar-refractivity contribution in [1.82, 2.24) is 0 Å². The Morgan fingerprint density at radius 2 is 2.29 bits per heavy atom. The van der Waals surface area contributed by atoms with Crippen molar-refractivity contribution >= 4 is 17.3 Å². The number of aliphatic carboxylic acids is 1. The third kappa shape index (κ3) is 3.17. The van der Waals surface area contributed by atoms with Gasteiger partial charge in [-0.2, -0.15) is 0 Å². The van der Waals surface area contributed by atoms with E-state index in [4.69, 9.17) is 9.84 Å². The molecule has 6 heteroatoms. The fraction of sp³-hybridized carbons (Fsp3) is 0.364. The number of carboxylic acid groups (broad SMARTS) is 1. The molecule has 0 atom stereocenters. The van der Waals surface area contributed by atoms with Crippen molar-refractivity contribution in [2.45, 2.75) is 18.9 Å². The van der Waals surface area contributed by atoms with Crippen LogP contribution in [0.1, 0.15) is 12.8 Å². The lowest BCUT2D eigenvalue weighted by atomic mass is 10.2. The summed E-state index contributed by atoms with van der Waals surface area (Å²) < 4.78 is 4.94. The summed E-state index contributed by atoms with van der Waals surface area (Å²) in [5, 5.41) is 14.5. The Morgan fingerprint density at radius 1 is 1.53 bits per heavy atom. The summed E-state index contributed by atoms with van der Waals surface area (Å²) in [4.78, 5) is 21.0. The second kappa shape index (κ2) is 4.82. The van der Waals surface area contributed by atoms with Gasteiger partial charge >= 0.3 is 5.97 Å². The van der Waals surface area contributed by atoms with Gasteiger partial charge in [0, 0.05) is 11.7 Å². The number of nitroso groups, excluding NO2 is 1. The first-order valence-corrected chi connectivity index (χ1v) is 5.27. The van der Waals surface area contributed by atoms with E-state index in [1.807, 2.05) is 0 Å². The lowest BCUT2D eigenvalue weighted by molar-refractivity contribution is -0.139. The van der Waals surface area contributed by atoms with Crippen LogP contribution in [0.25, 0.3) is 0 Å². The lowest BCUT2D eigenvalue weighted by Gasteiger charge is -2.08. The number of rotatable bonds is 6. The first-order chi connectivity index (χ1) is 8.19. The van der Waals surface area contributed by atoms with Gasteiger partial charge in [-0.25, -0.2) is 4.79 Å². The Morgan fingerprint density at radius 3 is 2.88 bits per heavy atom. The SMILES string of the molecule is O=Nc1cc(NC2CC2)ccc1OCC(=O)O. The maximum Gasteiger partial charge on any atom is 0.341 e. The molecule has 0 unspecified atom stereocenters. The second-order valence-corrected chi connectivity index (χ2v) is 3.87. The zero-order chi connectivity index (χ0) is 12.3. The van der Waals surface area contributed by atoms with Crippen LogP contribution in [-0.4, -0.2) is 23.7 Å². The molecule has 0 bridgehead atoms. The predicted octanol–water partition coefficient (Wildman–Crippen LogP) is 2.12. The highest BCUT2D eigenvalue weighted by Gasteiger charge is 2.21. The number of carboxylic acids is 1. The summed E-state index contributed by atoms with van der Waals surface area (Å²) in [6.45, 7) is -0.488. The molecule has 1 fully saturated rings. The van der Waals surface area contributed by atoms with E-state index in [9.17, 15) is 9.70 Å². The highest BCUT2D eigenvalue weighted by molar-refractivity contribution is 5.69. The minimum Gasteiger partial charge on any atom is -0.480 e. The van der Waals surface area contributed by atoms with Crippen molar-refractivity contribution in [2.24, 2.45) is 5.18 Å². The largest absolute Gasteiger partial charge is 0.480 e. The zero-order valence-electron chi connectivity index (χ0n) is 9.05. The van der Waals surface area contributed by atoms with Crippen LogP contribution >= 0.6 is 0 Å². The molecule has 2 N–H and O–H groups in total. The van der Waals surface area contributed by atoms with Gasteiger partial charge in [-0.15, -0.1) is 4.91 Å². The van der Waals surface area contributed by atoms with Crippen LogP contribution in [0.2, 0.25) is 0 Å². The summed E-state index contributed by atoms with van der Waals surface area (Å²) >= 11 is 0. The molecule has 1 aromatic carbocycles. The van der Waals surface area contributed by atoms with Crippen LogP contribution in [0.15, 0.2) is 23.4 Å². The summed E-state index contributed by atoms with van der Waals surface area (Å²) in [6, 6.07) is 5.32. The lowest BCUT2D eigenvalue weighted by Crippen LogP contribution is -2.09. The Labute approximate surface area is 97.6 Å². The van der Waals surface area contributed by atoms with E-state index in [1.165, 1.54) is 0 Å². The number of benzene rings is 1. The number of anilines is 1. The fourth-order valence-corrected chi connectivity index (χ4v) is 1.40. The minimum absolute atomic E-state index is 0.108. The van der Waals surface area contributed by atoms with E-state index in [2.05, 4.69) is 10.5 Å². The normalized spacial score (nSPS) is 14.1. The summed E-state index contributed by atoms with van der Waals surface area (Å²) in [5.74, 6) is -0.911. The molecule has 0 spiro atoms. The number of ether oxygens (including phenoxy) is 1. The van der Waals surface area contributed by atoms with Gasteiger partial charge in [0.05, 0.1) is 0 Å². The van der Waals surface area contributed by atoms with Gasteiger partial charge in [0.1, 0.15) is 5.75 Å². The smallest absolute Gasteiger partial charge is 0.341 e. The monoisotopic (exact) mass is 236 g/mol. The molecule has 0 heterocycles. The van der Waals surface area contributed by atoms with Crippen molar-refractivity contribution in [3.63, 3.8) is 0 Å². The van der Waals surface area contributed by atoms with Crippen LogP contribution in [0.4, 0.5) is 11.4 Å². The molecular weight excluding hydrogens is 224 g/mol. The molecule has 0 saturated heterocycles. The number of nitrogens with zero attached hydrogens (tertiary/aromatic N) is 1.